The summed E-state index contributed by atoms with van der Waals surface area (Å²) >= 11 is 0. The van der Waals surface area contributed by atoms with Crippen LogP contribution in [0.3, 0.4) is 0 Å². The molecule has 0 saturated carbocycles. The second-order valence-corrected chi connectivity index (χ2v) is 4.82. The number of nitrogens with one attached hydrogen (secondary N) is 2. The summed E-state index contributed by atoms with van der Waals surface area (Å²) in [7, 11) is 2.99. The minimum atomic E-state index is -0.854. The predicted molar refractivity (Wildman–Crippen MR) is 88.4 cm³/mol. The Labute approximate surface area is 143 Å². The summed E-state index contributed by atoms with van der Waals surface area (Å²) < 4.78 is 42.8. The molecule has 2 rings (SSSR count). The van der Waals surface area contributed by atoms with E-state index in [0.717, 1.165) is 12.1 Å². The number of amides is 2. The molecule has 134 valence electrons. The molecule has 2 N–H and O–H groups in total. The third-order valence-electron chi connectivity index (χ3n) is 3.21. The normalized spacial score (nSPS) is 10.1. The fourth-order valence-corrected chi connectivity index (χ4v) is 2.07. The molecule has 8 heteroatoms. The topological polar surface area (TPSA) is 68.8 Å². The molecule has 0 unspecified atom stereocenters. The maximum atomic E-state index is 13.4. The van der Waals surface area contributed by atoms with Crippen LogP contribution >= 0.6 is 0 Å². The van der Waals surface area contributed by atoms with E-state index in [4.69, 9.17) is 14.2 Å². The molecule has 0 saturated heterocycles. The van der Waals surface area contributed by atoms with Crippen LogP contribution in [-0.2, 0) is 0 Å². The molecule has 0 aliphatic heterocycles. The lowest BCUT2D eigenvalue weighted by Crippen LogP contribution is -2.32. The van der Waals surface area contributed by atoms with Crippen molar-refractivity contribution >= 4 is 11.7 Å². The van der Waals surface area contributed by atoms with Crippen molar-refractivity contribution in [3.8, 4) is 17.2 Å². The molecule has 2 amide bonds. The Balaban J connectivity index is 1.84. The largest absolute Gasteiger partial charge is 0.493 e. The highest BCUT2D eigenvalue weighted by Crippen LogP contribution is 2.36. The highest BCUT2D eigenvalue weighted by Gasteiger charge is 2.12. The van der Waals surface area contributed by atoms with E-state index in [1.165, 1.54) is 20.3 Å². The van der Waals surface area contributed by atoms with Crippen molar-refractivity contribution < 1.29 is 27.8 Å². The summed E-state index contributed by atoms with van der Waals surface area (Å²) in [4.78, 5) is 11.7. The van der Waals surface area contributed by atoms with Crippen LogP contribution in [0, 0.1) is 11.6 Å². The summed E-state index contributed by atoms with van der Waals surface area (Å²) in [5.41, 5.74) is -0.504. The van der Waals surface area contributed by atoms with Gasteiger partial charge in [0.1, 0.15) is 23.9 Å². The van der Waals surface area contributed by atoms with E-state index in [1.807, 2.05) is 0 Å². The Morgan fingerprint density at radius 2 is 1.64 bits per heavy atom. The number of hydrogen-bond donors (Lipinski definition) is 2. The van der Waals surface area contributed by atoms with Gasteiger partial charge in [0.05, 0.1) is 20.8 Å². The highest BCUT2D eigenvalue weighted by atomic mass is 19.1. The molecule has 0 heterocycles. The molecule has 0 radical (unpaired) electrons. The van der Waals surface area contributed by atoms with Crippen LogP contribution < -0.4 is 24.8 Å². The highest BCUT2D eigenvalue weighted by molar-refractivity contribution is 5.89. The molecule has 2 aromatic rings. The number of para-hydroxylation sites is 2. The van der Waals surface area contributed by atoms with Crippen molar-refractivity contribution in [3.05, 3.63) is 48.0 Å². The Kier molecular flexibility index (Phi) is 6.39. The first kappa shape index (κ1) is 18.3. The minimum Gasteiger partial charge on any atom is -0.493 e. The van der Waals surface area contributed by atoms with Gasteiger partial charge in [0.15, 0.2) is 11.5 Å². The quantitative estimate of drug-likeness (QED) is 0.751. The summed E-state index contributed by atoms with van der Waals surface area (Å²) in [6.45, 7) is 0.235. The van der Waals surface area contributed by atoms with Crippen molar-refractivity contribution in [2.24, 2.45) is 0 Å². The van der Waals surface area contributed by atoms with E-state index in [2.05, 4.69) is 10.6 Å². The second-order valence-electron chi connectivity index (χ2n) is 4.82. The first-order valence-electron chi connectivity index (χ1n) is 7.39. The lowest BCUT2D eigenvalue weighted by Gasteiger charge is -2.14. The Morgan fingerprint density at radius 3 is 2.28 bits per heavy atom. The fourth-order valence-electron chi connectivity index (χ4n) is 2.07. The number of anilines is 1. The Morgan fingerprint density at radius 1 is 1.00 bits per heavy atom. The number of methoxy groups -OCH3 is 2. The van der Waals surface area contributed by atoms with Crippen LogP contribution in [0.15, 0.2) is 36.4 Å². The van der Waals surface area contributed by atoms with Crippen molar-refractivity contribution in [1.29, 1.82) is 0 Å². The molecular formula is C17H18F2N2O4. The zero-order chi connectivity index (χ0) is 18.2. The van der Waals surface area contributed by atoms with Gasteiger partial charge in [-0.3, -0.25) is 0 Å². The predicted octanol–water partition coefficient (Wildman–Crippen LogP) is 3.18. The van der Waals surface area contributed by atoms with Crippen LogP contribution in [0.2, 0.25) is 0 Å². The molecule has 2 aromatic carbocycles. The standard InChI is InChI=1S/C17H18F2N2O4/c1-23-13-7-4-8-14(16(13)24-2)25-10-9-20-17(22)21-15-11(18)5-3-6-12(15)19/h3-8H,9-10H2,1-2H3,(H2,20,21,22). The molecule has 0 fully saturated rings. The van der Waals surface area contributed by atoms with E-state index in [1.54, 1.807) is 18.2 Å². The maximum Gasteiger partial charge on any atom is 0.319 e. The average molecular weight is 352 g/mol. The van der Waals surface area contributed by atoms with Gasteiger partial charge in [0.2, 0.25) is 5.75 Å². The van der Waals surface area contributed by atoms with Gasteiger partial charge in [0.25, 0.3) is 0 Å². The number of rotatable bonds is 7. The molecule has 0 atom stereocenters. The van der Waals surface area contributed by atoms with Crippen LogP contribution in [0.5, 0.6) is 17.2 Å². The zero-order valence-electron chi connectivity index (χ0n) is 13.8. The van der Waals surface area contributed by atoms with E-state index in [0.29, 0.717) is 17.2 Å². The van der Waals surface area contributed by atoms with Crippen LogP contribution in [-0.4, -0.2) is 33.4 Å². The molecule has 0 bridgehead atoms. The molecule has 0 aliphatic rings. The van der Waals surface area contributed by atoms with Gasteiger partial charge < -0.3 is 24.8 Å². The van der Waals surface area contributed by atoms with Crippen molar-refractivity contribution in [2.45, 2.75) is 0 Å². The zero-order valence-corrected chi connectivity index (χ0v) is 13.8. The number of benzene rings is 2. The van der Waals surface area contributed by atoms with E-state index in [-0.39, 0.29) is 13.2 Å². The van der Waals surface area contributed by atoms with Gasteiger partial charge in [-0.15, -0.1) is 0 Å². The summed E-state index contributed by atoms with van der Waals surface area (Å²) in [6, 6.07) is 7.72. The van der Waals surface area contributed by atoms with Crippen molar-refractivity contribution in [2.75, 3.05) is 32.7 Å². The SMILES string of the molecule is COc1cccc(OCCNC(=O)Nc2c(F)cccc2F)c1OC. The lowest BCUT2D eigenvalue weighted by atomic mass is 10.3. The minimum absolute atomic E-state index is 0.113. The van der Waals surface area contributed by atoms with Crippen molar-refractivity contribution in [3.63, 3.8) is 0 Å². The number of hydrogen-bond acceptors (Lipinski definition) is 4. The smallest absolute Gasteiger partial charge is 0.319 e. The molecule has 25 heavy (non-hydrogen) atoms. The number of halogens is 2. The van der Waals surface area contributed by atoms with Crippen LogP contribution in [0.25, 0.3) is 0 Å². The average Bonchev–Trinajstić information content (AvgIpc) is 2.61. The van der Waals surface area contributed by atoms with Gasteiger partial charge in [-0.05, 0) is 24.3 Å². The van der Waals surface area contributed by atoms with Gasteiger partial charge in [-0.1, -0.05) is 12.1 Å². The van der Waals surface area contributed by atoms with Crippen LogP contribution in [0.4, 0.5) is 19.3 Å². The lowest BCUT2D eigenvalue weighted by molar-refractivity contribution is 0.245. The van der Waals surface area contributed by atoms with Crippen molar-refractivity contribution in [1.82, 2.24) is 5.32 Å². The first-order valence-corrected chi connectivity index (χ1v) is 7.39. The van der Waals surface area contributed by atoms with Gasteiger partial charge in [0, 0.05) is 0 Å². The first-order chi connectivity index (χ1) is 12.1. The monoisotopic (exact) mass is 352 g/mol. The fraction of sp³-hybridized carbons (Fsp3) is 0.235. The van der Waals surface area contributed by atoms with E-state index >= 15 is 0 Å². The molecule has 6 nitrogen and oxygen atoms in total. The molecule has 0 aliphatic carbocycles. The maximum absolute atomic E-state index is 13.4. The van der Waals surface area contributed by atoms with E-state index in [9.17, 15) is 13.6 Å². The second kappa shape index (κ2) is 8.72. The third-order valence-corrected chi connectivity index (χ3v) is 3.21. The number of carbonyl (C=O) groups excluding carboxylic acids is 1. The summed E-state index contributed by atoms with van der Waals surface area (Å²) in [5, 5.41) is 4.56. The summed E-state index contributed by atoms with van der Waals surface area (Å²) in [6.07, 6.45) is 0. The molecule has 0 aromatic heterocycles. The Hall–Kier alpha value is -3.03. The van der Waals surface area contributed by atoms with Crippen LogP contribution in [0.1, 0.15) is 0 Å². The number of urea groups is 1. The summed E-state index contributed by atoms with van der Waals surface area (Å²) in [5.74, 6) is -0.312. The van der Waals surface area contributed by atoms with Gasteiger partial charge in [-0.2, -0.15) is 0 Å². The van der Waals surface area contributed by atoms with Gasteiger partial charge in [-0.25, -0.2) is 13.6 Å². The third kappa shape index (κ3) is 4.72. The Bertz CT molecular complexity index is 720. The number of ether oxygens (including phenoxy) is 3. The molecule has 0 spiro atoms. The number of carbonyl (C=O) groups is 1. The van der Waals surface area contributed by atoms with E-state index < -0.39 is 23.4 Å². The van der Waals surface area contributed by atoms with Gasteiger partial charge >= 0.3 is 6.03 Å². The molecular weight excluding hydrogens is 334 g/mol.